The highest BCUT2D eigenvalue weighted by Crippen LogP contribution is 2.28. The molecule has 2 aromatic rings. The molecule has 3 nitrogen and oxygen atoms in total. The van der Waals surface area contributed by atoms with Crippen molar-refractivity contribution in [1.82, 2.24) is 14.7 Å². The van der Waals surface area contributed by atoms with Crippen LogP contribution in [0.1, 0.15) is 35.8 Å². The van der Waals surface area contributed by atoms with Gasteiger partial charge in [0.05, 0.1) is 5.69 Å². The van der Waals surface area contributed by atoms with Crippen LogP contribution in [0.4, 0.5) is 0 Å². The fourth-order valence-electron chi connectivity index (χ4n) is 2.93. The first-order chi connectivity index (χ1) is 8.27. The Morgan fingerprint density at radius 3 is 2.71 bits per heavy atom. The number of piperidine rings is 1. The molecule has 0 bridgehead atoms. The quantitative estimate of drug-likeness (QED) is 0.813. The summed E-state index contributed by atoms with van der Waals surface area (Å²) < 4.78 is 2.28. The average Bonchev–Trinajstić information content (AvgIpc) is 2.69. The summed E-state index contributed by atoms with van der Waals surface area (Å²) in [7, 11) is 0. The molecule has 3 rings (SSSR count). The van der Waals surface area contributed by atoms with E-state index in [1.54, 1.807) is 0 Å². The van der Waals surface area contributed by atoms with Gasteiger partial charge < -0.3 is 9.72 Å². The average molecular weight is 229 g/mol. The van der Waals surface area contributed by atoms with E-state index < -0.39 is 0 Å². The van der Waals surface area contributed by atoms with Crippen LogP contribution in [0.2, 0.25) is 0 Å². The summed E-state index contributed by atoms with van der Waals surface area (Å²) >= 11 is 0. The highest BCUT2D eigenvalue weighted by molar-refractivity contribution is 5.45. The molecule has 0 saturated carbocycles. The Hall–Kier alpha value is -1.35. The lowest BCUT2D eigenvalue weighted by Gasteiger charge is -2.21. The standard InChI is InChI=1S/C14H19N3/c1-10-4-3-5-13-16-14(11(2)17(10)13)12-6-8-15-9-7-12/h3-5,12,15H,6-9H2,1-2H3. The molecule has 1 saturated heterocycles. The maximum atomic E-state index is 4.83. The number of hydrogen-bond acceptors (Lipinski definition) is 2. The van der Waals surface area contributed by atoms with Crippen LogP contribution in [0.15, 0.2) is 18.2 Å². The summed E-state index contributed by atoms with van der Waals surface area (Å²) in [6, 6.07) is 6.34. The number of aromatic nitrogens is 2. The summed E-state index contributed by atoms with van der Waals surface area (Å²) in [6.45, 7) is 6.59. The van der Waals surface area contributed by atoms with Gasteiger partial charge in [0.15, 0.2) is 0 Å². The molecule has 0 spiro atoms. The van der Waals surface area contributed by atoms with Crippen molar-refractivity contribution in [2.24, 2.45) is 0 Å². The van der Waals surface area contributed by atoms with Crippen molar-refractivity contribution in [2.45, 2.75) is 32.6 Å². The van der Waals surface area contributed by atoms with Gasteiger partial charge >= 0.3 is 0 Å². The predicted octanol–water partition coefficient (Wildman–Crippen LogP) is 2.42. The van der Waals surface area contributed by atoms with Crippen LogP contribution in [-0.2, 0) is 0 Å². The van der Waals surface area contributed by atoms with E-state index in [2.05, 4.69) is 41.8 Å². The van der Waals surface area contributed by atoms with Crippen LogP contribution in [-0.4, -0.2) is 22.5 Å². The molecule has 0 amide bonds. The van der Waals surface area contributed by atoms with E-state index in [1.165, 1.54) is 29.9 Å². The molecule has 1 aliphatic rings. The molecule has 1 N–H and O–H groups in total. The van der Waals surface area contributed by atoms with E-state index in [0.717, 1.165) is 18.7 Å². The van der Waals surface area contributed by atoms with Gasteiger partial charge in [0, 0.05) is 17.3 Å². The largest absolute Gasteiger partial charge is 0.317 e. The first-order valence-electron chi connectivity index (χ1n) is 6.42. The molecule has 3 heterocycles. The van der Waals surface area contributed by atoms with Gasteiger partial charge in [-0.15, -0.1) is 0 Å². The summed E-state index contributed by atoms with van der Waals surface area (Å²) in [5, 5.41) is 3.41. The fourth-order valence-corrected chi connectivity index (χ4v) is 2.93. The van der Waals surface area contributed by atoms with Crippen molar-refractivity contribution in [2.75, 3.05) is 13.1 Å². The SMILES string of the molecule is Cc1cccc2nc(C3CCNCC3)c(C)n12. The van der Waals surface area contributed by atoms with Gasteiger partial charge in [-0.1, -0.05) is 6.07 Å². The first kappa shape index (κ1) is 10.8. The van der Waals surface area contributed by atoms with E-state index in [-0.39, 0.29) is 0 Å². The molecule has 1 aliphatic heterocycles. The van der Waals surface area contributed by atoms with E-state index in [4.69, 9.17) is 4.98 Å². The van der Waals surface area contributed by atoms with Gasteiger partial charge in [-0.2, -0.15) is 0 Å². The minimum Gasteiger partial charge on any atom is -0.317 e. The zero-order chi connectivity index (χ0) is 11.8. The number of nitrogens with zero attached hydrogens (tertiary/aromatic N) is 2. The third-order valence-electron chi connectivity index (χ3n) is 3.83. The van der Waals surface area contributed by atoms with Crippen molar-refractivity contribution < 1.29 is 0 Å². The normalized spacial score (nSPS) is 17.8. The van der Waals surface area contributed by atoms with Gasteiger partial charge in [-0.05, 0) is 51.9 Å². The van der Waals surface area contributed by atoms with Crippen molar-refractivity contribution in [1.29, 1.82) is 0 Å². The van der Waals surface area contributed by atoms with Crippen LogP contribution in [0.25, 0.3) is 5.65 Å². The Labute approximate surface area is 102 Å². The number of nitrogens with one attached hydrogen (secondary N) is 1. The minimum atomic E-state index is 0.635. The summed E-state index contributed by atoms with van der Waals surface area (Å²) in [5.74, 6) is 0.635. The third-order valence-corrected chi connectivity index (χ3v) is 3.83. The Morgan fingerprint density at radius 1 is 1.24 bits per heavy atom. The molecule has 0 atom stereocenters. The smallest absolute Gasteiger partial charge is 0.137 e. The Kier molecular flexibility index (Phi) is 2.63. The fraction of sp³-hybridized carbons (Fsp3) is 0.500. The van der Waals surface area contributed by atoms with Gasteiger partial charge in [-0.3, -0.25) is 0 Å². The van der Waals surface area contributed by atoms with Crippen molar-refractivity contribution >= 4 is 5.65 Å². The van der Waals surface area contributed by atoms with Gasteiger partial charge in [0.1, 0.15) is 5.65 Å². The number of pyridine rings is 1. The van der Waals surface area contributed by atoms with E-state index in [9.17, 15) is 0 Å². The van der Waals surface area contributed by atoms with Gasteiger partial charge in [0.2, 0.25) is 0 Å². The van der Waals surface area contributed by atoms with Gasteiger partial charge in [-0.25, -0.2) is 4.98 Å². The number of hydrogen-bond donors (Lipinski definition) is 1. The molecule has 3 heteroatoms. The second kappa shape index (κ2) is 4.15. The predicted molar refractivity (Wildman–Crippen MR) is 69.5 cm³/mol. The van der Waals surface area contributed by atoms with Crippen molar-refractivity contribution in [3.05, 3.63) is 35.3 Å². The molecule has 17 heavy (non-hydrogen) atoms. The van der Waals surface area contributed by atoms with E-state index >= 15 is 0 Å². The van der Waals surface area contributed by atoms with Crippen LogP contribution in [0, 0.1) is 13.8 Å². The maximum absolute atomic E-state index is 4.83. The highest BCUT2D eigenvalue weighted by Gasteiger charge is 2.21. The van der Waals surface area contributed by atoms with Crippen LogP contribution < -0.4 is 5.32 Å². The number of imidazole rings is 1. The number of fused-ring (bicyclic) bond motifs is 1. The minimum absolute atomic E-state index is 0.635. The monoisotopic (exact) mass is 229 g/mol. The molecule has 0 unspecified atom stereocenters. The van der Waals surface area contributed by atoms with Crippen LogP contribution in [0.3, 0.4) is 0 Å². The molecular weight excluding hydrogens is 210 g/mol. The highest BCUT2D eigenvalue weighted by atomic mass is 15.0. The van der Waals surface area contributed by atoms with Crippen LogP contribution >= 0.6 is 0 Å². The lowest BCUT2D eigenvalue weighted by molar-refractivity contribution is 0.453. The third kappa shape index (κ3) is 1.75. The molecule has 0 aromatic carbocycles. The topological polar surface area (TPSA) is 29.3 Å². The molecule has 1 fully saturated rings. The molecular formula is C14H19N3. The van der Waals surface area contributed by atoms with E-state index in [1.807, 2.05) is 0 Å². The zero-order valence-corrected chi connectivity index (χ0v) is 10.5. The maximum Gasteiger partial charge on any atom is 0.137 e. The summed E-state index contributed by atoms with van der Waals surface area (Å²) in [5.41, 5.74) is 4.99. The molecule has 90 valence electrons. The lowest BCUT2D eigenvalue weighted by Crippen LogP contribution is -2.27. The van der Waals surface area contributed by atoms with Crippen molar-refractivity contribution in [3.8, 4) is 0 Å². The van der Waals surface area contributed by atoms with Crippen LogP contribution in [0.5, 0.6) is 0 Å². The zero-order valence-electron chi connectivity index (χ0n) is 10.5. The Balaban J connectivity index is 2.10. The Morgan fingerprint density at radius 2 is 2.00 bits per heavy atom. The second-order valence-corrected chi connectivity index (χ2v) is 4.97. The molecule has 0 radical (unpaired) electrons. The number of rotatable bonds is 1. The summed E-state index contributed by atoms with van der Waals surface area (Å²) in [6.07, 6.45) is 2.42. The lowest BCUT2D eigenvalue weighted by atomic mass is 9.93. The molecule has 2 aromatic heterocycles. The molecule has 0 aliphatic carbocycles. The van der Waals surface area contributed by atoms with Gasteiger partial charge in [0.25, 0.3) is 0 Å². The second-order valence-electron chi connectivity index (χ2n) is 4.97. The Bertz CT molecular complexity index is 536. The summed E-state index contributed by atoms with van der Waals surface area (Å²) in [4.78, 5) is 4.83. The number of aryl methyl sites for hydroxylation is 2. The van der Waals surface area contributed by atoms with Crippen molar-refractivity contribution in [3.63, 3.8) is 0 Å². The first-order valence-corrected chi connectivity index (χ1v) is 6.42. The van der Waals surface area contributed by atoms with E-state index in [0.29, 0.717) is 5.92 Å².